The molecule has 0 aromatic heterocycles. The van der Waals surface area contributed by atoms with Gasteiger partial charge in [-0.2, -0.15) is 0 Å². The standard InChI is InChI=1S/C13H15Br2NO4/c1-7(2)16(3)11(17)6-20-12-9(14)4-8(13(18)19)5-10(12)15/h4-5,7H,6H2,1-3H3,(H,18,19). The van der Waals surface area contributed by atoms with Crippen molar-refractivity contribution in [3.8, 4) is 5.75 Å². The minimum absolute atomic E-state index is 0.0902. The molecule has 0 aliphatic carbocycles. The number of likely N-dealkylation sites (N-methyl/N-ethyl adjacent to an activating group) is 1. The minimum atomic E-state index is -1.03. The van der Waals surface area contributed by atoms with Gasteiger partial charge in [-0.05, 0) is 57.8 Å². The highest BCUT2D eigenvalue weighted by molar-refractivity contribution is 9.11. The summed E-state index contributed by atoms with van der Waals surface area (Å²) in [5.41, 5.74) is 0.127. The zero-order valence-corrected chi connectivity index (χ0v) is 14.5. The fraction of sp³-hybridized carbons (Fsp3) is 0.385. The molecule has 1 amide bonds. The molecular formula is C13H15Br2NO4. The van der Waals surface area contributed by atoms with Gasteiger partial charge in [-0.25, -0.2) is 4.79 Å². The summed E-state index contributed by atoms with van der Waals surface area (Å²) in [6.45, 7) is 3.70. The maximum Gasteiger partial charge on any atom is 0.335 e. The maximum atomic E-state index is 11.8. The van der Waals surface area contributed by atoms with Crippen molar-refractivity contribution in [2.75, 3.05) is 13.7 Å². The highest BCUT2D eigenvalue weighted by Crippen LogP contribution is 2.34. The van der Waals surface area contributed by atoms with Crippen LogP contribution in [-0.4, -0.2) is 41.6 Å². The molecule has 1 aromatic carbocycles. The van der Waals surface area contributed by atoms with Crippen molar-refractivity contribution >= 4 is 43.7 Å². The first-order chi connectivity index (χ1) is 9.23. The summed E-state index contributed by atoms with van der Waals surface area (Å²) in [7, 11) is 1.70. The van der Waals surface area contributed by atoms with Crippen LogP contribution in [-0.2, 0) is 4.79 Å². The topological polar surface area (TPSA) is 66.8 Å². The number of hydrogen-bond acceptors (Lipinski definition) is 3. The lowest BCUT2D eigenvalue weighted by atomic mass is 10.2. The fourth-order valence-electron chi connectivity index (χ4n) is 1.34. The summed E-state index contributed by atoms with van der Waals surface area (Å²) in [6.07, 6.45) is 0. The molecule has 0 saturated heterocycles. The molecule has 0 aliphatic heterocycles. The van der Waals surface area contributed by atoms with Crippen molar-refractivity contribution in [3.05, 3.63) is 26.6 Å². The number of benzene rings is 1. The number of nitrogens with zero attached hydrogens (tertiary/aromatic N) is 1. The van der Waals surface area contributed by atoms with Gasteiger partial charge in [-0.3, -0.25) is 4.79 Å². The van der Waals surface area contributed by atoms with E-state index in [2.05, 4.69) is 31.9 Å². The van der Waals surface area contributed by atoms with Crippen LogP contribution in [0.25, 0.3) is 0 Å². The highest BCUT2D eigenvalue weighted by Gasteiger charge is 2.16. The number of halogens is 2. The second kappa shape index (κ2) is 7.08. The average molecular weight is 409 g/mol. The molecule has 110 valence electrons. The third kappa shape index (κ3) is 4.21. The lowest BCUT2D eigenvalue weighted by Gasteiger charge is -2.21. The maximum absolute atomic E-state index is 11.8. The summed E-state index contributed by atoms with van der Waals surface area (Å²) in [4.78, 5) is 24.3. The second-order valence-electron chi connectivity index (χ2n) is 4.46. The lowest BCUT2D eigenvalue weighted by molar-refractivity contribution is -0.133. The molecule has 0 saturated carbocycles. The SMILES string of the molecule is CC(C)N(C)C(=O)COc1c(Br)cc(C(=O)O)cc1Br. The minimum Gasteiger partial charge on any atom is -0.481 e. The molecule has 0 atom stereocenters. The van der Waals surface area contributed by atoms with E-state index in [-0.39, 0.29) is 24.1 Å². The van der Waals surface area contributed by atoms with Gasteiger partial charge in [0.05, 0.1) is 14.5 Å². The molecule has 20 heavy (non-hydrogen) atoms. The number of rotatable bonds is 5. The van der Waals surface area contributed by atoms with Crippen molar-refractivity contribution in [1.82, 2.24) is 4.90 Å². The summed E-state index contributed by atoms with van der Waals surface area (Å²) >= 11 is 6.48. The van der Waals surface area contributed by atoms with Crippen molar-refractivity contribution in [1.29, 1.82) is 0 Å². The summed E-state index contributed by atoms with van der Waals surface area (Å²) in [6, 6.07) is 2.95. The summed E-state index contributed by atoms with van der Waals surface area (Å²) < 4.78 is 6.41. The molecule has 0 spiro atoms. The molecule has 1 N–H and O–H groups in total. The zero-order valence-electron chi connectivity index (χ0n) is 11.3. The van der Waals surface area contributed by atoms with Gasteiger partial charge in [0, 0.05) is 13.1 Å². The van der Waals surface area contributed by atoms with Crippen LogP contribution in [0.4, 0.5) is 0 Å². The first kappa shape index (κ1) is 17.0. The van der Waals surface area contributed by atoms with E-state index in [0.717, 1.165) is 0 Å². The van der Waals surface area contributed by atoms with Crippen LogP contribution in [0.1, 0.15) is 24.2 Å². The molecule has 7 heteroatoms. The number of carbonyl (C=O) groups is 2. The Hall–Kier alpha value is -1.08. The van der Waals surface area contributed by atoms with Crippen molar-refractivity contribution in [2.24, 2.45) is 0 Å². The Morgan fingerprint density at radius 2 is 1.80 bits per heavy atom. The van der Waals surface area contributed by atoms with Crippen molar-refractivity contribution in [3.63, 3.8) is 0 Å². The van der Waals surface area contributed by atoms with Gasteiger partial charge < -0.3 is 14.7 Å². The molecule has 0 unspecified atom stereocenters. The Morgan fingerprint density at radius 1 is 1.30 bits per heavy atom. The number of carbonyl (C=O) groups excluding carboxylic acids is 1. The van der Waals surface area contributed by atoms with E-state index in [9.17, 15) is 9.59 Å². The second-order valence-corrected chi connectivity index (χ2v) is 6.17. The first-order valence-corrected chi connectivity index (χ1v) is 7.43. The molecule has 0 bridgehead atoms. The molecule has 1 rings (SSSR count). The van der Waals surface area contributed by atoms with E-state index >= 15 is 0 Å². The van der Waals surface area contributed by atoms with Crippen LogP contribution in [0.3, 0.4) is 0 Å². The van der Waals surface area contributed by atoms with Gasteiger partial charge >= 0.3 is 5.97 Å². The number of amides is 1. The van der Waals surface area contributed by atoms with Crippen molar-refractivity contribution < 1.29 is 19.4 Å². The number of hydrogen-bond donors (Lipinski definition) is 1. The van der Waals surface area contributed by atoms with E-state index in [1.807, 2.05) is 13.8 Å². The Balaban J connectivity index is 2.84. The first-order valence-electron chi connectivity index (χ1n) is 5.84. The van der Waals surface area contributed by atoms with Gasteiger partial charge in [0.15, 0.2) is 6.61 Å². The molecule has 5 nitrogen and oxygen atoms in total. The normalized spacial score (nSPS) is 10.5. The van der Waals surface area contributed by atoms with E-state index < -0.39 is 5.97 Å². The Kier molecular flexibility index (Phi) is 6.01. The summed E-state index contributed by atoms with van der Waals surface area (Å²) in [5, 5.41) is 8.93. The van der Waals surface area contributed by atoms with Crippen LogP contribution in [0, 0.1) is 0 Å². The number of carboxylic acid groups (broad SMARTS) is 1. The van der Waals surface area contributed by atoms with E-state index in [4.69, 9.17) is 9.84 Å². The predicted octanol–water partition coefficient (Wildman–Crippen LogP) is 3.16. The van der Waals surface area contributed by atoms with Crippen LogP contribution >= 0.6 is 31.9 Å². The zero-order chi connectivity index (χ0) is 15.4. The van der Waals surface area contributed by atoms with E-state index in [1.165, 1.54) is 12.1 Å². The lowest BCUT2D eigenvalue weighted by Crippen LogP contribution is -2.36. The Labute approximate surface area is 134 Å². The molecular weight excluding hydrogens is 394 g/mol. The van der Waals surface area contributed by atoms with Gasteiger partial charge in [-0.1, -0.05) is 0 Å². The monoisotopic (exact) mass is 407 g/mol. The quantitative estimate of drug-likeness (QED) is 0.812. The van der Waals surface area contributed by atoms with Crippen LogP contribution in [0.2, 0.25) is 0 Å². The van der Waals surface area contributed by atoms with E-state index in [0.29, 0.717) is 14.7 Å². The molecule has 0 heterocycles. The van der Waals surface area contributed by atoms with Crippen LogP contribution < -0.4 is 4.74 Å². The van der Waals surface area contributed by atoms with Crippen molar-refractivity contribution in [2.45, 2.75) is 19.9 Å². The fourth-order valence-corrected chi connectivity index (χ4v) is 2.76. The number of aromatic carboxylic acids is 1. The highest BCUT2D eigenvalue weighted by atomic mass is 79.9. The predicted molar refractivity (Wildman–Crippen MR) is 82.2 cm³/mol. The molecule has 1 aromatic rings. The van der Waals surface area contributed by atoms with Gasteiger partial charge in [0.2, 0.25) is 0 Å². The largest absolute Gasteiger partial charge is 0.481 e. The van der Waals surface area contributed by atoms with E-state index in [1.54, 1.807) is 11.9 Å². The molecule has 0 aliphatic rings. The Morgan fingerprint density at radius 3 is 2.20 bits per heavy atom. The average Bonchev–Trinajstić information content (AvgIpc) is 2.35. The Bertz CT molecular complexity index is 508. The van der Waals surface area contributed by atoms with Gasteiger partial charge in [-0.15, -0.1) is 0 Å². The third-order valence-corrected chi connectivity index (χ3v) is 3.93. The third-order valence-electron chi connectivity index (χ3n) is 2.75. The summed E-state index contributed by atoms with van der Waals surface area (Å²) in [5.74, 6) is -0.782. The van der Waals surface area contributed by atoms with Crippen LogP contribution in [0.15, 0.2) is 21.1 Å². The van der Waals surface area contributed by atoms with Crippen LogP contribution in [0.5, 0.6) is 5.75 Å². The molecule has 0 radical (unpaired) electrons. The number of ether oxygens (including phenoxy) is 1. The molecule has 0 fully saturated rings. The van der Waals surface area contributed by atoms with Gasteiger partial charge in [0.25, 0.3) is 5.91 Å². The number of carboxylic acids is 1. The van der Waals surface area contributed by atoms with Gasteiger partial charge in [0.1, 0.15) is 5.75 Å². The smallest absolute Gasteiger partial charge is 0.335 e.